The number of hydrogen-bond donors (Lipinski definition) is 1. The summed E-state index contributed by atoms with van der Waals surface area (Å²) < 4.78 is 11.6. The van der Waals surface area contributed by atoms with Crippen molar-refractivity contribution in [3.8, 4) is 11.3 Å². The van der Waals surface area contributed by atoms with E-state index in [9.17, 15) is 9.59 Å². The van der Waals surface area contributed by atoms with Gasteiger partial charge in [0.2, 0.25) is 0 Å². The molecule has 7 heteroatoms. The second-order valence-corrected chi connectivity index (χ2v) is 6.62. The van der Waals surface area contributed by atoms with Crippen molar-refractivity contribution in [2.75, 3.05) is 6.61 Å². The molecule has 1 amide bonds. The molecule has 1 heterocycles. The summed E-state index contributed by atoms with van der Waals surface area (Å²) in [6.45, 7) is 2.08. The minimum Gasteiger partial charge on any atom is -0.462 e. The van der Waals surface area contributed by atoms with Gasteiger partial charge in [-0.15, -0.1) is 0 Å². The van der Waals surface area contributed by atoms with Crippen molar-refractivity contribution in [2.24, 2.45) is 5.10 Å². The van der Waals surface area contributed by atoms with Crippen LogP contribution in [-0.4, -0.2) is 24.7 Å². The van der Waals surface area contributed by atoms with Gasteiger partial charge in [0, 0.05) is 15.6 Å². The van der Waals surface area contributed by atoms with E-state index in [0.29, 0.717) is 29.3 Å². The molecule has 0 aliphatic carbocycles. The first-order valence-corrected chi connectivity index (χ1v) is 9.32. The van der Waals surface area contributed by atoms with E-state index in [1.807, 2.05) is 6.07 Å². The van der Waals surface area contributed by atoms with Crippen molar-refractivity contribution in [2.45, 2.75) is 6.92 Å². The molecule has 0 atom stereocenters. The average Bonchev–Trinajstić information content (AvgIpc) is 3.18. The largest absolute Gasteiger partial charge is 0.462 e. The number of carbonyl (C=O) groups excluding carboxylic acids is 2. The molecular formula is C21H17BrN2O4. The molecule has 0 saturated heterocycles. The summed E-state index contributed by atoms with van der Waals surface area (Å²) in [6, 6.07) is 17.4. The Balaban J connectivity index is 1.66. The Morgan fingerprint density at radius 3 is 2.64 bits per heavy atom. The third kappa shape index (κ3) is 4.95. The molecule has 142 valence electrons. The van der Waals surface area contributed by atoms with E-state index in [-0.39, 0.29) is 11.9 Å². The molecule has 1 aromatic heterocycles. The molecule has 0 unspecified atom stereocenters. The number of halogens is 1. The van der Waals surface area contributed by atoms with Crippen molar-refractivity contribution in [3.05, 3.63) is 82.0 Å². The summed E-state index contributed by atoms with van der Waals surface area (Å²) >= 11 is 3.32. The van der Waals surface area contributed by atoms with Gasteiger partial charge >= 0.3 is 5.97 Å². The van der Waals surface area contributed by atoms with Crippen molar-refractivity contribution in [1.29, 1.82) is 0 Å². The zero-order chi connectivity index (χ0) is 19.9. The molecule has 3 rings (SSSR count). The second-order valence-electron chi connectivity index (χ2n) is 5.71. The van der Waals surface area contributed by atoms with E-state index >= 15 is 0 Å². The first-order valence-electron chi connectivity index (χ1n) is 8.53. The summed E-state index contributed by atoms with van der Waals surface area (Å²) in [5, 5.41) is 3.91. The molecule has 0 saturated carbocycles. The molecule has 0 spiro atoms. The molecule has 3 aromatic rings. The molecule has 0 aliphatic heterocycles. The van der Waals surface area contributed by atoms with Gasteiger partial charge in [-0.25, -0.2) is 10.2 Å². The number of benzene rings is 2. The number of nitrogens with one attached hydrogen (secondary N) is 1. The van der Waals surface area contributed by atoms with Crippen LogP contribution in [0.3, 0.4) is 0 Å². The van der Waals surface area contributed by atoms with E-state index in [4.69, 9.17) is 9.15 Å². The highest BCUT2D eigenvalue weighted by Crippen LogP contribution is 2.23. The van der Waals surface area contributed by atoms with E-state index in [0.717, 1.165) is 10.0 Å². The van der Waals surface area contributed by atoms with Crippen LogP contribution in [0.25, 0.3) is 11.3 Å². The molecule has 0 bridgehead atoms. The number of hydrogen-bond acceptors (Lipinski definition) is 5. The summed E-state index contributed by atoms with van der Waals surface area (Å²) in [4.78, 5) is 23.9. The predicted octanol–water partition coefficient (Wildman–Crippen LogP) is 4.65. The van der Waals surface area contributed by atoms with Gasteiger partial charge < -0.3 is 9.15 Å². The van der Waals surface area contributed by atoms with Gasteiger partial charge in [0.05, 0.1) is 18.4 Å². The van der Waals surface area contributed by atoms with Gasteiger partial charge in [0.15, 0.2) is 0 Å². The molecule has 2 aromatic carbocycles. The summed E-state index contributed by atoms with van der Waals surface area (Å²) in [7, 11) is 0. The minimum atomic E-state index is -0.381. The fourth-order valence-corrected chi connectivity index (χ4v) is 2.68. The van der Waals surface area contributed by atoms with Crippen LogP contribution in [0.4, 0.5) is 0 Å². The van der Waals surface area contributed by atoms with E-state index < -0.39 is 0 Å². The van der Waals surface area contributed by atoms with Gasteiger partial charge in [-0.1, -0.05) is 28.1 Å². The fourth-order valence-electron chi connectivity index (χ4n) is 2.41. The van der Waals surface area contributed by atoms with Gasteiger partial charge in [0.25, 0.3) is 5.91 Å². The standard InChI is InChI=1S/C21H17BrN2O4/c1-2-27-21(26)16-5-3-4-15(12-16)19-11-10-18(28-19)13-23-24-20(25)14-6-8-17(22)9-7-14/h3-13H,2H2,1H3,(H,24,25)/b23-13-. The maximum absolute atomic E-state index is 12.0. The first kappa shape index (κ1) is 19.6. The third-order valence-electron chi connectivity index (χ3n) is 3.75. The Morgan fingerprint density at radius 2 is 1.89 bits per heavy atom. The SMILES string of the molecule is CCOC(=O)c1cccc(-c2ccc(/C=N\NC(=O)c3ccc(Br)cc3)o2)c1. The van der Waals surface area contributed by atoms with Crippen molar-refractivity contribution >= 4 is 34.0 Å². The summed E-state index contributed by atoms with van der Waals surface area (Å²) in [5.41, 5.74) is 4.14. The van der Waals surface area contributed by atoms with Gasteiger partial charge in [0.1, 0.15) is 11.5 Å². The van der Waals surface area contributed by atoms with Gasteiger partial charge in [-0.2, -0.15) is 5.10 Å². The van der Waals surface area contributed by atoms with Crippen LogP contribution in [-0.2, 0) is 4.74 Å². The molecule has 28 heavy (non-hydrogen) atoms. The lowest BCUT2D eigenvalue weighted by molar-refractivity contribution is 0.0526. The predicted molar refractivity (Wildman–Crippen MR) is 109 cm³/mol. The Hall–Kier alpha value is -3.19. The average molecular weight is 441 g/mol. The van der Waals surface area contributed by atoms with Gasteiger partial charge in [-0.05, 0) is 55.5 Å². The minimum absolute atomic E-state index is 0.316. The van der Waals surface area contributed by atoms with Crippen molar-refractivity contribution in [1.82, 2.24) is 5.43 Å². The fraction of sp³-hybridized carbons (Fsp3) is 0.0952. The van der Waals surface area contributed by atoms with Crippen LogP contribution in [0, 0.1) is 0 Å². The molecule has 0 fully saturated rings. The number of furan rings is 1. The highest BCUT2D eigenvalue weighted by Gasteiger charge is 2.10. The third-order valence-corrected chi connectivity index (χ3v) is 4.28. The number of nitrogens with zero attached hydrogens (tertiary/aromatic N) is 1. The van der Waals surface area contributed by atoms with Crippen LogP contribution in [0.2, 0.25) is 0 Å². The van der Waals surface area contributed by atoms with E-state index in [2.05, 4.69) is 26.5 Å². The molecular weight excluding hydrogens is 424 g/mol. The second kappa shape index (κ2) is 9.14. The van der Waals surface area contributed by atoms with Crippen LogP contribution >= 0.6 is 15.9 Å². The number of hydrazone groups is 1. The monoisotopic (exact) mass is 440 g/mol. The van der Waals surface area contributed by atoms with Gasteiger partial charge in [-0.3, -0.25) is 4.79 Å². The maximum atomic E-state index is 12.0. The summed E-state index contributed by atoms with van der Waals surface area (Å²) in [6.07, 6.45) is 1.41. The number of carbonyl (C=O) groups is 2. The van der Waals surface area contributed by atoms with Crippen LogP contribution < -0.4 is 5.43 Å². The lowest BCUT2D eigenvalue weighted by Gasteiger charge is -2.03. The number of ether oxygens (including phenoxy) is 1. The molecule has 1 N–H and O–H groups in total. The number of rotatable bonds is 6. The Morgan fingerprint density at radius 1 is 1.11 bits per heavy atom. The normalized spacial score (nSPS) is 10.8. The molecule has 6 nitrogen and oxygen atoms in total. The quantitative estimate of drug-likeness (QED) is 0.343. The summed E-state index contributed by atoms with van der Waals surface area (Å²) in [5.74, 6) is 0.338. The van der Waals surface area contributed by atoms with E-state index in [1.165, 1.54) is 6.21 Å². The van der Waals surface area contributed by atoms with E-state index in [1.54, 1.807) is 61.5 Å². The highest BCUT2D eigenvalue weighted by atomic mass is 79.9. The first-order chi connectivity index (χ1) is 13.6. The van der Waals surface area contributed by atoms with Crippen LogP contribution in [0.1, 0.15) is 33.4 Å². The number of esters is 1. The Labute approximate surface area is 170 Å². The Bertz CT molecular complexity index is 1010. The number of amides is 1. The highest BCUT2D eigenvalue weighted by molar-refractivity contribution is 9.10. The van der Waals surface area contributed by atoms with Crippen molar-refractivity contribution < 1.29 is 18.7 Å². The smallest absolute Gasteiger partial charge is 0.338 e. The molecule has 0 aliphatic rings. The van der Waals surface area contributed by atoms with Crippen LogP contribution in [0.15, 0.2) is 74.7 Å². The zero-order valence-corrected chi connectivity index (χ0v) is 16.6. The zero-order valence-electron chi connectivity index (χ0n) is 15.0. The Kier molecular flexibility index (Phi) is 6.39. The lowest BCUT2D eigenvalue weighted by atomic mass is 10.1. The van der Waals surface area contributed by atoms with Crippen molar-refractivity contribution in [3.63, 3.8) is 0 Å². The maximum Gasteiger partial charge on any atom is 0.338 e. The lowest BCUT2D eigenvalue weighted by Crippen LogP contribution is -2.17. The molecule has 0 radical (unpaired) electrons. The van der Waals surface area contributed by atoms with Crippen LogP contribution in [0.5, 0.6) is 0 Å². The topological polar surface area (TPSA) is 80.9 Å².